The molecule has 4 nitrogen and oxygen atoms in total. The highest BCUT2D eigenvalue weighted by atomic mass is 19.1. The Kier molecular flexibility index (Phi) is 4.37. The van der Waals surface area contributed by atoms with Gasteiger partial charge >= 0.3 is 0 Å². The van der Waals surface area contributed by atoms with Crippen molar-refractivity contribution in [2.24, 2.45) is 11.8 Å². The van der Waals surface area contributed by atoms with Crippen LogP contribution in [-0.2, 0) is 9.59 Å². The summed E-state index contributed by atoms with van der Waals surface area (Å²) in [6.07, 6.45) is 2.45. The van der Waals surface area contributed by atoms with Crippen LogP contribution in [0.3, 0.4) is 0 Å². The van der Waals surface area contributed by atoms with Gasteiger partial charge in [-0.05, 0) is 37.5 Å². The van der Waals surface area contributed by atoms with Crippen LogP contribution in [0.4, 0.5) is 15.8 Å². The van der Waals surface area contributed by atoms with Crippen LogP contribution in [0.2, 0.25) is 0 Å². The molecule has 0 spiro atoms. The average molecular weight is 278 g/mol. The first-order valence-corrected chi connectivity index (χ1v) is 6.92. The maximum atomic E-state index is 13.6. The second-order valence-corrected chi connectivity index (χ2v) is 5.26. The number of hydrogen-bond acceptors (Lipinski definition) is 2. The first kappa shape index (κ1) is 14.5. The Balaban J connectivity index is 2.07. The molecule has 0 aliphatic heterocycles. The monoisotopic (exact) mass is 278 g/mol. The van der Waals surface area contributed by atoms with Crippen LogP contribution in [0, 0.1) is 17.7 Å². The van der Waals surface area contributed by atoms with Gasteiger partial charge < -0.3 is 10.6 Å². The van der Waals surface area contributed by atoms with E-state index in [-0.39, 0.29) is 29.3 Å². The van der Waals surface area contributed by atoms with Crippen molar-refractivity contribution in [2.75, 3.05) is 10.6 Å². The molecule has 0 unspecified atom stereocenters. The standard InChI is InChI=1S/C15H19FN2O2/c1-3-9(2)14(19)17-11-6-7-12(16)13(8-11)18-15(20)10-4-5-10/h6-10H,3-5H2,1-2H3,(H,17,19)(H,18,20)/t9-/m0/s1. The van der Waals surface area contributed by atoms with E-state index in [0.29, 0.717) is 5.69 Å². The summed E-state index contributed by atoms with van der Waals surface area (Å²) in [5.41, 5.74) is 0.603. The molecule has 2 rings (SSSR count). The third-order valence-corrected chi connectivity index (χ3v) is 3.50. The summed E-state index contributed by atoms with van der Waals surface area (Å²) in [5.74, 6) is -0.870. The van der Waals surface area contributed by atoms with Crippen molar-refractivity contribution in [3.05, 3.63) is 24.0 Å². The summed E-state index contributed by atoms with van der Waals surface area (Å²) in [5, 5.41) is 5.29. The van der Waals surface area contributed by atoms with E-state index in [1.807, 2.05) is 13.8 Å². The summed E-state index contributed by atoms with van der Waals surface area (Å²) >= 11 is 0. The van der Waals surface area contributed by atoms with Crippen molar-refractivity contribution in [3.8, 4) is 0 Å². The minimum Gasteiger partial charge on any atom is -0.326 e. The third kappa shape index (κ3) is 3.56. The summed E-state index contributed by atoms with van der Waals surface area (Å²) in [4.78, 5) is 23.4. The zero-order chi connectivity index (χ0) is 14.7. The van der Waals surface area contributed by atoms with Gasteiger partial charge in [-0.3, -0.25) is 9.59 Å². The molecule has 1 fully saturated rings. The molecule has 2 amide bonds. The van der Waals surface area contributed by atoms with Crippen LogP contribution in [0.1, 0.15) is 33.1 Å². The highest BCUT2D eigenvalue weighted by molar-refractivity contribution is 5.96. The number of anilines is 2. The van der Waals surface area contributed by atoms with Crippen molar-refractivity contribution in [1.29, 1.82) is 0 Å². The lowest BCUT2D eigenvalue weighted by atomic mass is 10.1. The molecule has 0 saturated heterocycles. The van der Waals surface area contributed by atoms with E-state index < -0.39 is 5.82 Å². The van der Waals surface area contributed by atoms with Crippen LogP contribution in [0.15, 0.2) is 18.2 Å². The third-order valence-electron chi connectivity index (χ3n) is 3.50. The molecule has 0 aromatic heterocycles. The Morgan fingerprint density at radius 3 is 2.65 bits per heavy atom. The number of halogens is 1. The average Bonchev–Trinajstić information content (AvgIpc) is 3.25. The molecule has 1 aliphatic rings. The molecule has 0 radical (unpaired) electrons. The van der Waals surface area contributed by atoms with Gasteiger partial charge in [-0.1, -0.05) is 13.8 Å². The summed E-state index contributed by atoms with van der Waals surface area (Å²) < 4.78 is 13.6. The zero-order valence-electron chi connectivity index (χ0n) is 11.7. The molecule has 1 atom stereocenters. The predicted octanol–water partition coefficient (Wildman–Crippen LogP) is 3.16. The van der Waals surface area contributed by atoms with Gasteiger partial charge in [0.2, 0.25) is 11.8 Å². The zero-order valence-corrected chi connectivity index (χ0v) is 11.7. The van der Waals surface area contributed by atoms with Crippen LogP contribution < -0.4 is 10.6 Å². The maximum Gasteiger partial charge on any atom is 0.227 e. The first-order chi connectivity index (χ1) is 9.51. The number of rotatable bonds is 5. The van der Waals surface area contributed by atoms with E-state index in [1.54, 1.807) is 0 Å². The highest BCUT2D eigenvalue weighted by Crippen LogP contribution is 2.31. The van der Waals surface area contributed by atoms with Crippen molar-refractivity contribution < 1.29 is 14.0 Å². The number of carbonyl (C=O) groups is 2. The molecule has 0 heterocycles. The quantitative estimate of drug-likeness (QED) is 0.869. The molecule has 20 heavy (non-hydrogen) atoms. The number of benzene rings is 1. The van der Waals surface area contributed by atoms with Gasteiger partial charge in [0.05, 0.1) is 5.69 Å². The second-order valence-electron chi connectivity index (χ2n) is 5.26. The van der Waals surface area contributed by atoms with Gasteiger partial charge in [-0.25, -0.2) is 4.39 Å². The summed E-state index contributed by atoms with van der Waals surface area (Å²) in [6.45, 7) is 3.75. The van der Waals surface area contributed by atoms with Crippen molar-refractivity contribution in [3.63, 3.8) is 0 Å². The van der Waals surface area contributed by atoms with Crippen LogP contribution in [0.5, 0.6) is 0 Å². The van der Waals surface area contributed by atoms with Crippen molar-refractivity contribution in [1.82, 2.24) is 0 Å². The molecule has 5 heteroatoms. The number of hydrogen-bond donors (Lipinski definition) is 2. The lowest BCUT2D eigenvalue weighted by molar-refractivity contribution is -0.119. The van der Waals surface area contributed by atoms with E-state index >= 15 is 0 Å². The Bertz CT molecular complexity index is 527. The fourth-order valence-electron chi connectivity index (χ4n) is 1.73. The fourth-order valence-corrected chi connectivity index (χ4v) is 1.73. The smallest absolute Gasteiger partial charge is 0.227 e. The topological polar surface area (TPSA) is 58.2 Å². The van der Waals surface area contributed by atoms with E-state index in [1.165, 1.54) is 18.2 Å². The Morgan fingerprint density at radius 2 is 2.05 bits per heavy atom. The van der Waals surface area contributed by atoms with Gasteiger partial charge in [-0.2, -0.15) is 0 Å². The van der Waals surface area contributed by atoms with Crippen molar-refractivity contribution >= 4 is 23.2 Å². The summed E-state index contributed by atoms with van der Waals surface area (Å²) in [7, 11) is 0. The molecule has 108 valence electrons. The van der Waals surface area contributed by atoms with Gasteiger partial charge in [0.1, 0.15) is 5.82 Å². The van der Waals surface area contributed by atoms with Crippen LogP contribution in [-0.4, -0.2) is 11.8 Å². The Hall–Kier alpha value is -1.91. The number of carbonyl (C=O) groups excluding carboxylic acids is 2. The van der Waals surface area contributed by atoms with E-state index in [0.717, 1.165) is 19.3 Å². The molecular formula is C15H19FN2O2. The van der Waals surface area contributed by atoms with Gasteiger partial charge in [0.15, 0.2) is 0 Å². The van der Waals surface area contributed by atoms with Gasteiger partial charge in [0.25, 0.3) is 0 Å². The van der Waals surface area contributed by atoms with Gasteiger partial charge in [-0.15, -0.1) is 0 Å². The van der Waals surface area contributed by atoms with E-state index in [4.69, 9.17) is 0 Å². The molecule has 1 saturated carbocycles. The molecular weight excluding hydrogens is 259 g/mol. The lowest BCUT2D eigenvalue weighted by Gasteiger charge is -2.12. The lowest BCUT2D eigenvalue weighted by Crippen LogP contribution is -2.20. The maximum absolute atomic E-state index is 13.6. The fraction of sp³-hybridized carbons (Fsp3) is 0.467. The summed E-state index contributed by atoms with van der Waals surface area (Å²) in [6, 6.07) is 4.19. The normalized spacial score (nSPS) is 15.6. The van der Waals surface area contributed by atoms with Crippen LogP contribution in [0.25, 0.3) is 0 Å². The van der Waals surface area contributed by atoms with Gasteiger partial charge in [0, 0.05) is 17.5 Å². The SMILES string of the molecule is CC[C@H](C)C(=O)Nc1ccc(F)c(NC(=O)C2CC2)c1. The largest absolute Gasteiger partial charge is 0.326 e. The van der Waals surface area contributed by atoms with Crippen LogP contribution >= 0.6 is 0 Å². The Labute approximate surface area is 117 Å². The van der Waals surface area contributed by atoms with E-state index in [2.05, 4.69) is 10.6 Å². The Morgan fingerprint density at radius 1 is 1.35 bits per heavy atom. The molecule has 2 N–H and O–H groups in total. The minimum atomic E-state index is -0.500. The number of amides is 2. The highest BCUT2D eigenvalue weighted by Gasteiger charge is 2.30. The first-order valence-electron chi connectivity index (χ1n) is 6.92. The van der Waals surface area contributed by atoms with E-state index in [9.17, 15) is 14.0 Å². The molecule has 1 aliphatic carbocycles. The predicted molar refractivity (Wildman–Crippen MR) is 75.8 cm³/mol. The second kappa shape index (κ2) is 6.03. The minimum absolute atomic E-state index is 0.00719. The number of nitrogens with one attached hydrogen (secondary N) is 2. The molecule has 1 aromatic carbocycles. The molecule has 1 aromatic rings. The molecule has 0 bridgehead atoms. The van der Waals surface area contributed by atoms with Crippen molar-refractivity contribution in [2.45, 2.75) is 33.1 Å².